The lowest BCUT2D eigenvalue weighted by Gasteiger charge is -2.22. The Hall–Kier alpha value is -2.14. The number of anilines is 2. The Morgan fingerprint density at radius 3 is 2.65 bits per heavy atom. The fourth-order valence-corrected chi connectivity index (χ4v) is 2.54. The van der Waals surface area contributed by atoms with E-state index in [0.29, 0.717) is 11.5 Å². The Morgan fingerprint density at radius 2 is 1.90 bits per heavy atom. The topological polar surface area (TPSA) is 58.7 Å². The largest absolute Gasteiger partial charge is 0.387 e. The molecule has 20 heavy (non-hydrogen) atoms. The highest BCUT2D eigenvalue weighted by Crippen LogP contribution is 2.38. The lowest BCUT2D eigenvalue weighted by Crippen LogP contribution is -2.28. The second-order valence-electron chi connectivity index (χ2n) is 4.48. The molecule has 2 N–H and O–H groups in total. The van der Waals surface area contributed by atoms with Gasteiger partial charge in [-0.2, -0.15) is 0 Å². The molecule has 0 aliphatic carbocycles. The average Bonchev–Trinajstić information content (AvgIpc) is 2.54. The lowest BCUT2D eigenvalue weighted by atomic mass is 10.2. The summed E-state index contributed by atoms with van der Waals surface area (Å²) in [4.78, 5) is 18.4. The number of rotatable bonds is 1. The van der Waals surface area contributed by atoms with E-state index in [4.69, 9.17) is 5.73 Å². The van der Waals surface area contributed by atoms with Crippen molar-refractivity contribution >= 4 is 44.7 Å². The zero-order chi connectivity index (χ0) is 14.1. The molecule has 1 aliphatic heterocycles. The van der Waals surface area contributed by atoms with Crippen LogP contribution in [0.1, 0.15) is 6.42 Å². The van der Waals surface area contributed by atoms with Gasteiger partial charge in [0.15, 0.2) is 0 Å². The van der Waals surface area contributed by atoms with Crippen LogP contribution in [-0.4, -0.2) is 11.7 Å². The van der Waals surface area contributed by atoms with E-state index in [2.05, 4.69) is 20.9 Å². The fourth-order valence-electron chi connectivity index (χ4n) is 2.19. The molecule has 1 heterocycles. The zero-order valence-electron chi connectivity index (χ0n) is 10.6. The van der Waals surface area contributed by atoms with Crippen molar-refractivity contribution in [3.8, 4) is 0 Å². The van der Waals surface area contributed by atoms with Gasteiger partial charge >= 0.3 is 0 Å². The highest BCUT2D eigenvalue weighted by Gasteiger charge is 2.24. The zero-order valence-corrected chi connectivity index (χ0v) is 12.2. The van der Waals surface area contributed by atoms with Crippen molar-refractivity contribution in [2.45, 2.75) is 6.42 Å². The van der Waals surface area contributed by atoms with Crippen molar-refractivity contribution in [2.24, 2.45) is 10.7 Å². The van der Waals surface area contributed by atoms with E-state index in [1.54, 1.807) is 4.90 Å². The van der Waals surface area contributed by atoms with Gasteiger partial charge in [0.05, 0.1) is 17.8 Å². The van der Waals surface area contributed by atoms with Crippen molar-refractivity contribution in [1.29, 1.82) is 0 Å². The van der Waals surface area contributed by atoms with Gasteiger partial charge in [-0.15, -0.1) is 0 Å². The first-order valence-corrected chi connectivity index (χ1v) is 6.95. The number of para-hydroxylation sites is 1. The summed E-state index contributed by atoms with van der Waals surface area (Å²) in [6, 6.07) is 15.1. The number of halogens is 1. The first kappa shape index (κ1) is 12.9. The first-order valence-electron chi connectivity index (χ1n) is 6.16. The first-order chi connectivity index (χ1) is 9.65. The predicted molar refractivity (Wildman–Crippen MR) is 83.6 cm³/mol. The van der Waals surface area contributed by atoms with Crippen LogP contribution in [0.15, 0.2) is 58.0 Å². The van der Waals surface area contributed by atoms with Crippen molar-refractivity contribution in [1.82, 2.24) is 0 Å². The van der Waals surface area contributed by atoms with Crippen molar-refractivity contribution in [3.63, 3.8) is 0 Å². The molecular weight excluding hydrogens is 318 g/mol. The van der Waals surface area contributed by atoms with Crippen LogP contribution in [0.2, 0.25) is 0 Å². The van der Waals surface area contributed by atoms with E-state index in [1.165, 1.54) is 0 Å². The average molecular weight is 330 g/mol. The van der Waals surface area contributed by atoms with Crippen LogP contribution in [0.3, 0.4) is 0 Å². The molecule has 2 aromatic carbocycles. The third kappa shape index (κ3) is 2.32. The summed E-state index contributed by atoms with van der Waals surface area (Å²) >= 11 is 3.43. The molecule has 2 aromatic rings. The van der Waals surface area contributed by atoms with Gasteiger partial charge in [0.25, 0.3) is 0 Å². The number of carbonyl (C=O) groups is 1. The molecule has 0 fully saturated rings. The molecule has 5 heteroatoms. The van der Waals surface area contributed by atoms with E-state index >= 15 is 0 Å². The molecular formula is C15H12BrN3O. The number of hydrogen-bond acceptors (Lipinski definition) is 3. The van der Waals surface area contributed by atoms with Gasteiger partial charge < -0.3 is 5.73 Å². The Balaban J connectivity index is 2.21. The SMILES string of the molecule is NC1=Nc2ccc(Br)cc2N(c2ccccc2)C(=O)C1. The molecule has 0 atom stereocenters. The number of fused-ring (bicyclic) bond motifs is 1. The summed E-state index contributed by atoms with van der Waals surface area (Å²) < 4.78 is 0.889. The molecule has 4 nitrogen and oxygen atoms in total. The molecule has 0 radical (unpaired) electrons. The predicted octanol–water partition coefficient (Wildman–Crippen LogP) is 3.51. The van der Waals surface area contributed by atoms with E-state index in [9.17, 15) is 4.79 Å². The summed E-state index contributed by atoms with van der Waals surface area (Å²) in [5.41, 5.74) is 8.04. The van der Waals surface area contributed by atoms with E-state index in [1.807, 2.05) is 48.5 Å². The maximum absolute atomic E-state index is 12.4. The van der Waals surface area contributed by atoms with Crippen LogP contribution < -0.4 is 10.6 Å². The molecule has 1 amide bonds. The van der Waals surface area contributed by atoms with Crippen molar-refractivity contribution in [3.05, 3.63) is 53.0 Å². The maximum Gasteiger partial charge on any atom is 0.239 e. The Kier molecular flexibility index (Phi) is 3.28. The lowest BCUT2D eigenvalue weighted by molar-refractivity contribution is -0.116. The number of amidine groups is 1. The van der Waals surface area contributed by atoms with Gasteiger partial charge in [-0.05, 0) is 30.3 Å². The third-order valence-corrected chi connectivity index (χ3v) is 3.53. The number of benzene rings is 2. The molecule has 0 aromatic heterocycles. The number of nitrogens with two attached hydrogens (primary N) is 1. The van der Waals surface area contributed by atoms with Crippen LogP contribution in [0.5, 0.6) is 0 Å². The summed E-state index contributed by atoms with van der Waals surface area (Å²) in [5, 5.41) is 0. The smallest absolute Gasteiger partial charge is 0.239 e. The molecule has 100 valence electrons. The van der Waals surface area contributed by atoms with Gasteiger partial charge in [0.1, 0.15) is 5.84 Å². The maximum atomic E-state index is 12.4. The van der Waals surface area contributed by atoms with Gasteiger partial charge in [-0.25, -0.2) is 4.99 Å². The van der Waals surface area contributed by atoms with Crippen molar-refractivity contribution in [2.75, 3.05) is 4.90 Å². The molecule has 0 bridgehead atoms. The second kappa shape index (κ2) is 5.09. The molecule has 0 unspecified atom stereocenters. The second-order valence-corrected chi connectivity index (χ2v) is 5.39. The van der Waals surface area contributed by atoms with E-state index in [-0.39, 0.29) is 12.3 Å². The van der Waals surface area contributed by atoms with Gasteiger partial charge in [-0.3, -0.25) is 9.69 Å². The summed E-state index contributed by atoms with van der Waals surface area (Å²) in [6.07, 6.45) is 0.112. The van der Waals surface area contributed by atoms with Crippen molar-refractivity contribution < 1.29 is 4.79 Å². The molecule has 1 aliphatic rings. The van der Waals surface area contributed by atoms with Crippen LogP contribution in [0.25, 0.3) is 0 Å². The summed E-state index contributed by atoms with van der Waals surface area (Å²) in [5.74, 6) is 0.242. The fraction of sp³-hybridized carbons (Fsp3) is 0.0667. The highest BCUT2D eigenvalue weighted by atomic mass is 79.9. The van der Waals surface area contributed by atoms with Crippen LogP contribution in [0, 0.1) is 0 Å². The third-order valence-electron chi connectivity index (χ3n) is 3.04. The molecule has 3 rings (SSSR count). The van der Waals surface area contributed by atoms with Crippen LogP contribution in [-0.2, 0) is 4.79 Å². The minimum atomic E-state index is -0.0886. The summed E-state index contributed by atoms with van der Waals surface area (Å²) in [7, 11) is 0. The minimum absolute atomic E-state index is 0.0886. The standard InChI is InChI=1S/C15H12BrN3O/c16-10-6-7-12-13(8-10)19(11-4-2-1-3-5-11)15(20)9-14(17)18-12/h1-8H,9H2,(H2,17,18). The monoisotopic (exact) mass is 329 g/mol. The van der Waals surface area contributed by atoms with Gasteiger partial charge in [-0.1, -0.05) is 34.1 Å². The Labute approximate surface area is 125 Å². The van der Waals surface area contributed by atoms with E-state index < -0.39 is 0 Å². The number of amides is 1. The van der Waals surface area contributed by atoms with E-state index in [0.717, 1.165) is 15.8 Å². The number of carbonyl (C=O) groups excluding carboxylic acids is 1. The Morgan fingerprint density at radius 1 is 1.15 bits per heavy atom. The van der Waals surface area contributed by atoms with Crippen LogP contribution in [0.4, 0.5) is 17.1 Å². The Bertz CT molecular complexity index is 698. The normalized spacial score (nSPS) is 14.6. The van der Waals surface area contributed by atoms with Gasteiger partial charge in [0, 0.05) is 10.2 Å². The number of aliphatic imine (C=N–C) groups is 1. The summed E-state index contributed by atoms with van der Waals surface area (Å²) in [6.45, 7) is 0. The van der Waals surface area contributed by atoms with Crippen LogP contribution >= 0.6 is 15.9 Å². The quantitative estimate of drug-likeness (QED) is 0.870. The molecule has 0 spiro atoms. The number of nitrogens with zero attached hydrogens (tertiary/aromatic N) is 2. The minimum Gasteiger partial charge on any atom is -0.387 e. The molecule has 0 saturated carbocycles. The highest BCUT2D eigenvalue weighted by molar-refractivity contribution is 9.10. The molecule has 0 saturated heterocycles. The van der Waals surface area contributed by atoms with Gasteiger partial charge in [0.2, 0.25) is 5.91 Å². The number of hydrogen-bond donors (Lipinski definition) is 1.